The van der Waals surface area contributed by atoms with Gasteiger partial charge in [-0.15, -0.1) is 0 Å². The first-order valence-corrected chi connectivity index (χ1v) is 7.35. The standard InChI is InChI=1S/C10H10ClN5O4S/c1-15-5-6(9(17)16(2)10(15)18)21(19,20)14-8-4-12-7(11)3-13-8/h3-5H,1-2H3,(H,13,14). The van der Waals surface area contributed by atoms with Gasteiger partial charge >= 0.3 is 5.69 Å². The van der Waals surface area contributed by atoms with E-state index in [0.29, 0.717) is 4.57 Å². The van der Waals surface area contributed by atoms with Crippen LogP contribution in [0.25, 0.3) is 0 Å². The van der Waals surface area contributed by atoms with Crippen molar-refractivity contribution in [2.24, 2.45) is 14.1 Å². The van der Waals surface area contributed by atoms with Crippen LogP contribution >= 0.6 is 11.6 Å². The third-order valence-electron chi connectivity index (χ3n) is 2.56. The van der Waals surface area contributed by atoms with E-state index in [-0.39, 0.29) is 11.0 Å². The Labute approximate surface area is 123 Å². The molecular formula is C10H10ClN5O4S. The van der Waals surface area contributed by atoms with Gasteiger partial charge in [0.15, 0.2) is 10.7 Å². The Morgan fingerprint density at radius 3 is 2.43 bits per heavy atom. The number of rotatable bonds is 3. The second-order valence-electron chi connectivity index (χ2n) is 4.08. The molecule has 0 bridgehead atoms. The fourth-order valence-electron chi connectivity index (χ4n) is 1.52. The molecule has 11 heteroatoms. The highest BCUT2D eigenvalue weighted by molar-refractivity contribution is 7.92. The second kappa shape index (κ2) is 5.30. The lowest BCUT2D eigenvalue weighted by molar-refractivity contribution is 0.589. The van der Waals surface area contributed by atoms with Crippen molar-refractivity contribution in [1.82, 2.24) is 19.1 Å². The van der Waals surface area contributed by atoms with Gasteiger partial charge in [-0.05, 0) is 0 Å². The fraction of sp³-hybridized carbons (Fsp3) is 0.200. The van der Waals surface area contributed by atoms with Crippen LogP contribution in [0.2, 0.25) is 5.15 Å². The Balaban J connectivity index is 2.53. The molecule has 0 saturated carbocycles. The van der Waals surface area contributed by atoms with Crippen LogP contribution in [0.15, 0.2) is 33.1 Å². The zero-order valence-electron chi connectivity index (χ0n) is 10.9. The van der Waals surface area contributed by atoms with Gasteiger partial charge in [0.25, 0.3) is 15.6 Å². The lowest BCUT2D eigenvalue weighted by Gasteiger charge is -2.09. The molecule has 2 aromatic rings. The summed E-state index contributed by atoms with van der Waals surface area (Å²) in [5.41, 5.74) is -1.57. The van der Waals surface area contributed by atoms with Crippen LogP contribution in [-0.4, -0.2) is 27.5 Å². The van der Waals surface area contributed by atoms with Crippen molar-refractivity contribution in [3.05, 3.63) is 44.6 Å². The highest BCUT2D eigenvalue weighted by atomic mass is 35.5. The van der Waals surface area contributed by atoms with Crippen molar-refractivity contribution in [2.75, 3.05) is 4.72 Å². The molecule has 0 atom stereocenters. The van der Waals surface area contributed by atoms with Gasteiger partial charge in [0.2, 0.25) is 0 Å². The van der Waals surface area contributed by atoms with E-state index in [2.05, 4.69) is 14.7 Å². The Hall–Kier alpha value is -2.20. The number of nitrogens with zero attached hydrogens (tertiary/aromatic N) is 4. The van der Waals surface area contributed by atoms with Crippen molar-refractivity contribution in [3.63, 3.8) is 0 Å². The monoisotopic (exact) mass is 331 g/mol. The van der Waals surface area contributed by atoms with Gasteiger partial charge < -0.3 is 4.57 Å². The molecular weight excluding hydrogens is 322 g/mol. The highest BCUT2D eigenvalue weighted by Gasteiger charge is 2.22. The minimum absolute atomic E-state index is 0.0935. The molecule has 1 N–H and O–H groups in total. The number of hydrogen-bond donors (Lipinski definition) is 1. The third-order valence-corrected chi connectivity index (χ3v) is 4.10. The molecule has 0 spiro atoms. The summed E-state index contributed by atoms with van der Waals surface area (Å²) in [6.45, 7) is 0. The maximum Gasteiger partial charge on any atom is 0.330 e. The van der Waals surface area contributed by atoms with Gasteiger partial charge in [0.05, 0.1) is 12.4 Å². The van der Waals surface area contributed by atoms with Crippen molar-refractivity contribution < 1.29 is 8.42 Å². The van der Waals surface area contributed by atoms with Crippen LogP contribution in [0.4, 0.5) is 5.82 Å². The minimum Gasteiger partial charge on any atom is -0.302 e. The third kappa shape index (κ3) is 2.95. The number of halogens is 1. The SMILES string of the molecule is Cn1cc(S(=O)(=O)Nc2cnc(Cl)cn2)c(=O)n(C)c1=O. The summed E-state index contributed by atoms with van der Waals surface area (Å²) in [4.78, 5) is 30.2. The number of sulfonamides is 1. The van der Waals surface area contributed by atoms with E-state index in [1.807, 2.05) is 0 Å². The van der Waals surface area contributed by atoms with E-state index >= 15 is 0 Å². The fourth-order valence-corrected chi connectivity index (χ4v) is 2.77. The molecule has 0 radical (unpaired) electrons. The van der Waals surface area contributed by atoms with E-state index in [9.17, 15) is 18.0 Å². The molecule has 2 rings (SSSR count). The molecule has 0 aliphatic carbocycles. The van der Waals surface area contributed by atoms with Gasteiger partial charge in [0, 0.05) is 20.3 Å². The quantitative estimate of drug-likeness (QED) is 0.797. The van der Waals surface area contributed by atoms with Gasteiger partial charge in [0.1, 0.15) is 5.15 Å². The van der Waals surface area contributed by atoms with Crippen molar-refractivity contribution in [3.8, 4) is 0 Å². The lowest BCUT2D eigenvalue weighted by atomic mass is 10.6. The molecule has 21 heavy (non-hydrogen) atoms. The lowest BCUT2D eigenvalue weighted by Crippen LogP contribution is -2.40. The number of hydrogen-bond acceptors (Lipinski definition) is 6. The molecule has 0 unspecified atom stereocenters. The summed E-state index contributed by atoms with van der Waals surface area (Å²) in [7, 11) is -1.68. The molecule has 0 amide bonds. The van der Waals surface area contributed by atoms with Crippen LogP contribution < -0.4 is 16.0 Å². The van der Waals surface area contributed by atoms with E-state index in [0.717, 1.165) is 23.2 Å². The smallest absolute Gasteiger partial charge is 0.302 e. The summed E-state index contributed by atoms with van der Waals surface area (Å²) < 4.78 is 28.1. The number of aryl methyl sites for hydroxylation is 1. The normalized spacial score (nSPS) is 11.4. The van der Waals surface area contributed by atoms with Crippen LogP contribution in [0, 0.1) is 0 Å². The van der Waals surface area contributed by atoms with Gasteiger partial charge in [-0.25, -0.2) is 23.2 Å². The predicted octanol–water partition coefficient (Wildman–Crippen LogP) is -0.672. The molecule has 0 fully saturated rings. The summed E-state index contributed by atoms with van der Waals surface area (Å²) in [5.74, 6) is -0.102. The zero-order valence-corrected chi connectivity index (χ0v) is 12.5. The average molecular weight is 332 g/mol. The van der Waals surface area contributed by atoms with Crippen molar-refractivity contribution >= 4 is 27.4 Å². The summed E-state index contributed by atoms with van der Waals surface area (Å²) in [6, 6.07) is 0. The first-order valence-electron chi connectivity index (χ1n) is 5.49. The van der Waals surface area contributed by atoms with Gasteiger partial charge in [-0.2, -0.15) is 0 Å². The molecule has 0 saturated heterocycles. The molecule has 2 aromatic heterocycles. The number of anilines is 1. The number of aromatic nitrogens is 4. The number of nitrogens with one attached hydrogen (secondary N) is 1. The Morgan fingerprint density at radius 2 is 1.86 bits per heavy atom. The molecule has 9 nitrogen and oxygen atoms in total. The first-order chi connectivity index (χ1) is 9.72. The van der Waals surface area contributed by atoms with Crippen LogP contribution in [-0.2, 0) is 24.1 Å². The predicted molar refractivity (Wildman–Crippen MR) is 74.8 cm³/mol. The molecule has 0 aliphatic rings. The highest BCUT2D eigenvalue weighted by Crippen LogP contribution is 2.10. The van der Waals surface area contributed by atoms with Gasteiger partial charge in [-0.1, -0.05) is 11.6 Å². The van der Waals surface area contributed by atoms with E-state index in [4.69, 9.17) is 11.6 Å². The largest absolute Gasteiger partial charge is 0.330 e. The first kappa shape index (κ1) is 15.2. The van der Waals surface area contributed by atoms with E-state index in [1.165, 1.54) is 14.1 Å². The van der Waals surface area contributed by atoms with E-state index in [1.54, 1.807) is 0 Å². The summed E-state index contributed by atoms with van der Waals surface area (Å²) in [5, 5.41) is 0.0935. The molecule has 112 valence electrons. The maximum absolute atomic E-state index is 12.2. The molecule has 0 aromatic carbocycles. The summed E-state index contributed by atoms with van der Waals surface area (Å²) >= 11 is 5.54. The summed E-state index contributed by atoms with van der Waals surface area (Å²) in [6.07, 6.45) is 3.20. The Kier molecular flexibility index (Phi) is 3.83. The maximum atomic E-state index is 12.2. The van der Waals surface area contributed by atoms with Crippen LogP contribution in [0.5, 0.6) is 0 Å². The van der Waals surface area contributed by atoms with E-state index < -0.39 is 26.2 Å². The molecule has 2 heterocycles. The second-order valence-corrected chi connectivity index (χ2v) is 6.12. The van der Waals surface area contributed by atoms with Crippen LogP contribution in [0.1, 0.15) is 0 Å². The Morgan fingerprint density at radius 1 is 1.19 bits per heavy atom. The topological polar surface area (TPSA) is 116 Å². The Bertz CT molecular complexity index is 901. The van der Waals surface area contributed by atoms with Crippen LogP contribution in [0.3, 0.4) is 0 Å². The zero-order chi connectivity index (χ0) is 15.8. The minimum atomic E-state index is -4.21. The van der Waals surface area contributed by atoms with Gasteiger partial charge in [-0.3, -0.25) is 14.1 Å². The molecule has 0 aliphatic heterocycles. The average Bonchev–Trinajstić information content (AvgIpc) is 2.42. The van der Waals surface area contributed by atoms with Crippen molar-refractivity contribution in [1.29, 1.82) is 0 Å². The van der Waals surface area contributed by atoms with Crippen molar-refractivity contribution in [2.45, 2.75) is 4.90 Å².